The van der Waals surface area contributed by atoms with Crippen molar-refractivity contribution in [2.24, 2.45) is 5.10 Å². The number of hydrogen-bond donors (Lipinski definition) is 0. The van der Waals surface area contributed by atoms with Crippen LogP contribution in [0.3, 0.4) is 0 Å². The van der Waals surface area contributed by atoms with E-state index in [2.05, 4.69) is 70.4 Å². The molecule has 3 aromatic rings. The van der Waals surface area contributed by atoms with Gasteiger partial charge in [-0.25, -0.2) is 0 Å². The van der Waals surface area contributed by atoms with E-state index in [0.29, 0.717) is 0 Å². The lowest BCUT2D eigenvalue weighted by molar-refractivity contribution is 0.767. The Morgan fingerprint density at radius 2 is 1.77 bits per heavy atom. The molecule has 1 aromatic heterocycles. The van der Waals surface area contributed by atoms with Crippen molar-refractivity contribution in [2.45, 2.75) is 24.8 Å². The van der Waals surface area contributed by atoms with E-state index in [1.54, 1.807) is 22.8 Å². The first-order valence-electron chi connectivity index (χ1n) is 8.76. The number of anilines is 1. The maximum atomic E-state index is 4.50. The summed E-state index contributed by atoms with van der Waals surface area (Å²) in [6, 6.07) is 18.7. The van der Waals surface area contributed by atoms with Gasteiger partial charge in [0.15, 0.2) is 0 Å². The zero-order chi connectivity index (χ0) is 18.2. The van der Waals surface area contributed by atoms with E-state index in [1.165, 1.54) is 11.3 Å². The van der Waals surface area contributed by atoms with E-state index < -0.39 is 0 Å². The van der Waals surface area contributed by atoms with Crippen LogP contribution in [0, 0.1) is 0 Å². The quantitative estimate of drug-likeness (QED) is 0.441. The van der Waals surface area contributed by atoms with Gasteiger partial charge in [-0.05, 0) is 37.1 Å². The van der Waals surface area contributed by atoms with E-state index in [4.69, 9.17) is 0 Å². The van der Waals surface area contributed by atoms with Gasteiger partial charge in [0.2, 0.25) is 5.16 Å². The second kappa shape index (κ2) is 9.20. The molecule has 0 saturated carbocycles. The highest BCUT2D eigenvalue weighted by molar-refractivity contribution is 7.98. The van der Waals surface area contributed by atoms with Gasteiger partial charge in [-0.3, -0.25) is 0 Å². The van der Waals surface area contributed by atoms with Gasteiger partial charge in [0, 0.05) is 24.5 Å². The van der Waals surface area contributed by atoms with Gasteiger partial charge in [-0.1, -0.05) is 54.2 Å². The Morgan fingerprint density at radius 1 is 1.04 bits per heavy atom. The molecule has 0 amide bonds. The first kappa shape index (κ1) is 18.2. The minimum atomic E-state index is 0.782. The summed E-state index contributed by atoms with van der Waals surface area (Å²) in [6.07, 6.45) is 3.47. The highest BCUT2D eigenvalue weighted by atomic mass is 32.2. The SMILES string of the molecule is CCN(CC)c1ccc(/C=N/n2cnnc2SCc2ccccc2)cc1. The molecule has 26 heavy (non-hydrogen) atoms. The molecule has 0 spiro atoms. The van der Waals surface area contributed by atoms with E-state index in [9.17, 15) is 0 Å². The third-order valence-corrected chi connectivity index (χ3v) is 5.07. The van der Waals surface area contributed by atoms with Crippen molar-refractivity contribution >= 4 is 23.7 Å². The van der Waals surface area contributed by atoms with Crippen molar-refractivity contribution < 1.29 is 0 Å². The Balaban J connectivity index is 1.65. The summed E-state index contributed by atoms with van der Waals surface area (Å²) in [5, 5.41) is 13.4. The second-order valence-electron chi connectivity index (χ2n) is 5.74. The number of nitrogens with zero attached hydrogens (tertiary/aromatic N) is 5. The highest BCUT2D eigenvalue weighted by Gasteiger charge is 2.05. The second-order valence-corrected chi connectivity index (χ2v) is 6.68. The van der Waals surface area contributed by atoms with Crippen LogP contribution in [0.1, 0.15) is 25.0 Å². The molecule has 134 valence electrons. The molecule has 0 aliphatic rings. The lowest BCUT2D eigenvalue weighted by Crippen LogP contribution is -2.21. The summed E-state index contributed by atoms with van der Waals surface area (Å²) >= 11 is 1.62. The molecule has 0 bridgehead atoms. The molecule has 1 heterocycles. The lowest BCUT2D eigenvalue weighted by atomic mass is 10.2. The molecule has 0 unspecified atom stereocenters. The van der Waals surface area contributed by atoms with Crippen molar-refractivity contribution in [3.05, 3.63) is 72.1 Å². The van der Waals surface area contributed by atoms with Crippen molar-refractivity contribution in [2.75, 3.05) is 18.0 Å². The summed E-state index contributed by atoms with van der Waals surface area (Å²) in [5.74, 6) is 0.841. The summed E-state index contributed by atoms with van der Waals surface area (Å²) in [4.78, 5) is 2.32. The number of benzene rings is 2. The summed E-state index contributed by atoms with van der Waals surface area (Å²) < 4.78 is 1.71. The van der Waals surface area contributed by atoms with Gasteiger partial charge in [-0.2, -0.15) is 9.78 Å². The largest absolute Gasteiger partial charge is 0.372 e. The van der Waals surface area contributed by atoms with Crippen LogP contribution >= 0.6 is 11.8 Å². The Hall–Kier alpha value is -2.60. The molecule has 0 fully saturated rings. The molecule has 0 saturated heterocycles. The molecule has 6 heteroatoms. The summed E-state index contributed by atoms with van der Waals surface area (Å²) in [5.41, 5.74) is 3.53. The van der Waals surface area contributed by atoms with E-state index in [0.717, 1.165) is 29.6 Å². The molecule has 0 aliphatic carbocycles. The molecule has 0 atom stereocenters. The van der Waals surface area contributed by atoms with Gasteiger partial charge in [0.25, 0.3) is 0 Å². The summed E-state index contributed by atoms with van der Waals surface area (Å²) in [6.45, 7) is 6.35. The lowest BCUT2D eigenvalue weighted by Gasteiger charge is -2.20. The van der Waals surface area contributed by atoms with Gasteiger partial charge in [0.05, 0.1) is 6.21 Å². The third-order valence-electron chi connectivity index (χ3n) is 4.06. The molecule has 0 radical (unpaired) electrons. The summed E-state index contributed by atoms with van der Waals surface area (Å²) in [7, 11) is 0. The van der Waals surface area contributed by atoms with Gasteiger partial charge < -0.3 is 4.90 Å². The first-order chi connectivity index (χ1) is 12.8. The van der Waals surface area contributed by atoms with Gasteiger partial charge in [-0.15, -0.1) is 10.2 Å². The van der Waals surface area contributed by atoms with Crippen molar-refractivity contribution in [1.82, 2.24) is 14.9 Å². The zero-order valence-corrected chi connectivity index (χ0v) is 15.9. The Bertz CT molecular complexity index is 823. The Labute approximate surface area is 158 Å². The van der Waals surface area contributed by atoms with Crippen LogP contribution in [0.5, 0.6) is 0 Å². The number of aromatic nitrogens is 3. The number of hydrogen-bond acceptors (Lipinski definition) is 5. The standard InChI is InChI=1S/C20H23N5S/c1-3-24(4-2)19-12-10-17(11-13-19)14-22-25-16-21-23-20(25)26-15-18-8-6-5-7-9-18/h5-14,16H,3-4,15H2,1-2H3/b22-14+. The smallest absolute Gasteiger partial charge is 0.212 e. The van der Waals surface area contributed by atoms with Crippen LogP contribution in [0.25, 0.3) is 0 Å². The molecule has 3 rings (SSSR count). The average molecular weight is 366 g/mol. The molecule has 2 aromatic carbocycles. The van der Waals surface area contributed by atoms with Crippen molar-refractivity contribution in [3.63, 3.8) is 0 Å². The van der Waals surface area contributed by atoms with Crippen LogP contribution in [-0.2, 0) is 5.75 Å². The minimum absolute atomic E-state index is 0.782. The molecule has 0 N–H and O–H groups in total. The Kier molecular flexibility index (Phi) is 6.44. The Morgan fingerprint density at radius 3 is 2.46 bits per heavy atom. The van der Waals surface area contributed by atoms with Gasteiger partial charge >= 0.3 is 0 Å². The molecule has 0 aliphatic heterocycles. The van der Waals surface area contributed by atoms with Crippen LogP contribution in [0.2, 0.25) is 0 Å². The van der Waals surface area contributed by atoms with Crippen LogP contribution < -0.4 is 4.90 Å². The van der Waals surface area contributed by atoms with E-state index >= 15 is 0 Å². The highest BCUT2D eigenvalue weighted by Crippen LogP contribution is 2.20. The van der Waals surface area contributed by atoms with Crippen LogP contribution in [0.4, 0.5) is 5.69 Å². The predicted molar refractivity (Wildman–Crippen MR) is 109 cm³/mol. The first-order valence-corrected chi connectivity index (χ1v) is 9.74. The predicted octanol–water partition coefficient (Wildman–Crippen LogP) is 4.30. The van der Waals surface area contributed by atoms with Crippen LogP contribution in [0.15, 0.2) is 71.2 Å². The fraction of sp³-hybridized carbons (Fsp3) is 0.250. The third kappa shape index (κ3) is 4.73. The van der Waals surface area contributed by atoms with Crippen molar-refractivity contribution in [1.29, 1.82) is 0 Å². The van der Waals surface area contributed by atoms with E-state index in [1.807, 2.05) is 24.4 Å². The van der Waals surface area contributed by atoms with Crippen molar-refractivity contribution in [3.8, 4) is 0 Å². The fourth-order valence-electron chi connectivity index (χ4n) is 2.60. The number of thioether (sulfide) groups is 1. The maximum Gasteiger partial charge on any atom is 0.212 e. The topological polar surface area (TPSA) is 46.3 Å². The molecular formula is C20H23N5S. The fourth-order valence-corrected chi connectivity index (χ4v) is 3.42. The zero-order valence-electron chi connectivity index (χ0n) is 15.1. The number of rotatable bonds is 8. The average Bonchev–Trinajstić information content (AvgIpc) is 3.15. The van der Waals surface area contributed by atoms with E-state index in [-0.39, 0.29) is 0 Å². The van der Waals surface area contributed by atoms with Gasteiger partial charge in [0.1, 0.15) is 6.33 Å². The van der Waals surface area contributed by atoms with Crippen LogP contribution in [-0.4, -0.2) is 34.2 Å². The molecular weight excluding hydrogens is 342 g/mol. The minimum Gasteiger partial charge on any atom is -0.372 e. The monoisotopic (exact) mass is 365 g/mol. The molecule has 5 nitrogen and oxygen atoms in total. The normalized spacial score (nSPS) is 11.2. The maximum absolute atomic E-state index is 4.50.